The highest BCUT2D eigenvalue weighted by Gasteiger charge is 1.98. The molecule has 0 aliphatic heterocycles. The fraction of sp³-hybridized carbons (Fsp3) is 0.143. The molecule has 0 aliphatic rings. The van der Waals surface area contributed by atoms with Crippen molar-refractivity contribution in [3.8, 4) is 0 Å². The first-order chi connectivity index (χ1) is 4.74. The molecule has 0 aromatic carbocycles. The Kier molecular flexibility index (Phi) is 1.76. The fourth-order valence-electron chi connectivity index (χ4n) is 0.584. The van der Waals surface area contributed by atoms with Crippen molar-refractivity contribution in [1.82, 2.24) is 4.98 Å². The SMILES string of the molecule is Cc1ccc(C=O)nc1F. The van der Waals surface area contributed by atoms with Crippen molar-refractivity contribution < 1.29 is 9.18 Å². The number of carbonyl (C=O) groups is 1. The number of rotatable bonds is 1. The Morgan fingerprint density at radius 1 is 1.60 bits per heavy atom. The standard InChI is InChI=1S/C7H6FNO/c1-5-2-3-6(4-10)9-7(5)8/h2-4H,1H3. The molecule has 52 valence electrons. The molecule has 0 atom stereocenters. The first kappa shape index (κ1) is 6.86. The molecule has 0 saturated heterocycles. The first-order valence-electron chi connectivity index (χ1n) is 2.82. The monoisotopic (exact) mass is 139 g/mol. The van der Waals surface area contributed by atoms with Crippen molar-refractivity contribution in [2.24, 2.45) is 0 Å². The summed E-state index contributed by atoms with van der Waals surface area (Å²) >= 11 is 0. The number of pyridine rings is 1. The molecule has 0 amide bonds. The summed E-state index contributed by atoms with van der Waals surface area (Å²) in [4.78, 5) is 13.4. The number of aryl methyl sites for hydroxylation is 1. The molecule has 10 heavy (non-hydrogen) atoms. The highest BCUT2D eigenvalue weighted by molar-refractivity contribution is 5.71. The molecule has 0 fully saturated rings. The van der Waals surface area contributed by atoms with Gasteiger partial charge >= 0.3 is 0 Å². The van der Waals surface area contributed by atoms with Crippen LogP contribution in [0.25, 0.3) is 0 Å². The third kappa shape index (κ3) is 1.18. The van der Waals surface area contributed by atoms with E-state index in [1.54, 1.807) is 6.92 Å². The Balaban J connectivity index is 3.16. The summed E-state index contributed by atoms with van der Waals surface area (Å²) in [5.74, 6) is -0.579. The number of hydrogen-bond donors (Lipinski definition) is 0. The van der Waals surface area contributed by atoms with Gasteiger partial charge in [0.1, 0.15) is 5.69 Å². The van der Waals surface area contributed by atoms with Gasteiger partial charge < -0.3 is 0 Å². The molecule has 0 N–H and O–H groups in total. The van der Waals surface area contributed by atoms with E-state index in [0.717, 1.165) is 0 Å². The number of hydrogen-bond acceptors (Lipinski definition) is 2. The first-order valence-corrected chi connectivity index (χ1v) is 2.82. The average molecular weight is 139 g/mol. The van der Waals surface area contributed by atoms with Crippen LogP contribution in [0.1, 0.15) is 16.1 Å². The lowest BCUT2D eigenvalue weighted by molar-refractivity contribution is 0.111. The van der Waals surface area contributed by atoms with E-state index >= 15 is 0 Å². The van der Waals surface area contributed by atoms with Crippen LogP contribution in [0.5, 0.6) is 0 Å². The van der Waals surface area contributed by atoms with Gasteiger partial charge in [-0.1, -0.05) is 6.07 Å². The van der Waals surface area contributed by atoms with Gasteiger partial charge in [-0.3, -0.25) is 4.79 Å². The van der Waals surface area contributed by atoms with Crippen molar-refractivity contribution in [2.45, 2.75) is 6.92 Å². The van der Waals surface area contributed by atoms with Gasteiger partial charge in [-0.15, -0.1) is 0 Å². The van der Waals surface area contributed by atoms with E-state index in [0.29, 0.717) is 11.8 Å². The number of carbonyl (C=O) groups excluding carboxylic acids is 1. The van der Waals surface area contributed by atoms with Crippen LogP contribution in [0.4, 0.5) is 4.39 Å². The summed E-state index contributed by atoms with van der Waals surface area (Å²) in [5, 5.41) is 0. The number of halogens is 1. The van der Waals surface area contributed by atoms with E-state index in [9.17, 15) is 9.18 Å². The van der Waals surface area contributed by atoms with Crippen LogP contribution >= 0.6 is 0 Å². The Bertz CT molecular complexity index is 260. The third-order valence-corrected chi connectivity index (χ3v) is 1.18. The highest BCUT2D eigenvalue weighted by Crippen LogP contribution is 2.01. The van der Waals surface area contributed by atoms with E-state index in [1.165, 1.54) is 12.1 Å². The van der Waals surface area contributed by atoms with Crippen molar-refractivity contribution in [3.05, 3.63) is 29.3 Å². The van der Waals surface area contributed by atoms with E-state index in [-0.39, 0.29) is 5.69 Å². The molecule has 1 rings (SSSR count). The molecule has 0 bridgehead atoms. The zero-order valence-electron chi connectivity index (χ0n) is 5.47. The van der Waals surface area contributed by atoms with Crippen LogP contribution in [0.3, 0.4) is 0 Å². The quantitative estimate of drug-likeness (QED) is 0.434. The van der Waals surface area contributed by atoms with Gasteiger partial charge in [-0.25, -0.2) is 4.98 Å². The maximum atomic E-state index is 12.5. The Labute approximate surface area is 57.7 Å². The summed E-state index contributed by atoms with van der Waals surface area (Å²) in [6, 6.07) is 3.00. The molecule has 0 radical (unpaired) electrons. The summed E-state index contributed by atoms with van der Waals surface area (Å²) < 4.78 is 12.5. The average Bonchev–Trinajstić information content (AvgIpc) is 1.95. The van der Waals surface area contributed by atoms with E-state index in [2.05, 4.69) is 4.98 Å². The summed E-state index contributed by atoms with van der Waals surface area (Å²) in [7, 11) is 0. The van der Waals surface area contributed by atoms with Gasteiger partial charge in [0.2, 0.25) is 5.95 Å². The molecule has 0 aliphatic carbocycles. The topological polar surface area (TPSA) is 30.0 Å². The lowest BCUT2D eigenvalue weighted by Crippen LogP contribution is -1.92. The Morgan fingerprint density at radius 2 is 2.30 bits per heavy atom. The van der Waals surface area contributed by atoms with Gasteiger partial charge in [0.05, 0.1) is 0 Å². The molecule has 1 aromatic heterocycles. The second kappa shape index (κ2) is 2.56. The van der Waals surface area contributed by atoms with Crippen LogP contribution in [0, 0.1) is 12.9 Å². The summed E-state index contributed by atoms with van der Waals surface area (Å²) in [6.45, 7) is 1.59. The second-order valence-electron chi connectivity index (χ2n) is 1.96. The van der Waals surface area contributed by atoms with Crippen LogP contribution in [0.2, 0.25) is 0 Å². The normalized spacial score (nSPS) is 9.40. The van der Waals surface area contributed by atoms with E-state index in [1.807, 2.05) is 0 Å². The maximum Gasteiger partial charge on any atom is 0.216 e. The largest absolute Gasteiger partial charge is 0.296 e. The van der Waals surface area contributed by atoms with Crippen LogP contribution in [-0.2, 0) is 0 Å². The maximum absolute atomic E-state index is 12.5. The smallest absolute Gasteiger partial charge is 0.216 e. The predicted octanol–water partition coefficient (Wildman–Crippen LogP) is 1.34. The molecule has 1 aromatic rings. The zero-order valence-corrected chi connectivity index (χ0v) is 5.47. The second-order valence-corrected chi connectivity index (χ2v) is 1.96. The van der Waals surface area contributed by atoms with Gasteiger partial charge in [-0.2, -0.15) is 4.39 Å². The Hall–Kier alpha value is -1.25. The molecular weight excluding hydrogens is 133 g/mol. The van der Waals surface area contributed by atoms with Crippen molar-refractivity contribution in [3.63, 3.8) is 0 Å². The number of nitrogens with zero attached hydrogens (tertiary/aromatic N) is 1. The van der Waals surface area contributed by atoms with Gasteiger partial charge in [0, 0.05) is 5.56 Å². The molecular formula is C7H6FNO. The molecule has 1 heterocycles. The highest BCUT2D eigenvalue weighted by atomic mass is 19.1. The van der Waals surface area contributed by atoms with Crippen molar-refractivity contribution in [1.29, 1.82) is 0 Å². The molecule has 2 nitrogen and oxygen atoms in total. The van der Waals surface area contributed by atoms with Crippen molar-refractivity contribution >= 4 is 6.29 Å². The Morgan fingerprint density at radius 3 is 2.80 bits per heavy atom. The molecule has 3 heteroatoms. The third-order valence-electron chi connectivity index (χ3n) is 1.18. The molecule has 0 saturated carbocycles. The minimum Gasteiger partial charge on any atom is -0.296 e. The number of aromatic nitrogens is 1. The molecule has 0 unspecified atom stereocenters. The predicted molar refractivity (Wildman–Crippen MR) is 34.3 cm³/mol. The zero-order chi connectivity index (χ0) is 7.56. The fourth-order valence-corrected chi connectivity index (χ4v) is 0.584. The minimum absolute atomic E-state index is 0.128. The van der Waals surface area contributed by atoms with Gasteiger partial charge in [0.25, 0.3) is 0 Å². The lowest BCUT2D eigenvalue weighted by atomic mass is 10.3. The van der Waals surface area contributed by atoms with Crippen molar-refractivity contribution in [2.75, 3.05) is 0 Å². The number of aldehydes is 1. The van der Waals surface area contributed by atoms with Crippen LogP contribution in [0.15, 0.2) is 12.1 Å². The van der Waals surface area contributed by atoms with E-state index in [4.69, 9.17) is 0 Å². The van der Waals surface area contributed by atoms with E-state index < -0.39 is 5.95 Å². The summed E-state index contributed by atoms with van der Waals surface area (Å²) in [6.07, 6.45) is 0.516. The lowest BCUT2D eigenvalue weighted by Gasteiger charge is -1.93. The van der Waals surface area contributed by atoms with Gasteiger partial charge in [0.15, 0.2) is 6.29 Å². The summed E-state index contributed by atoms with van der Waals surface area (Å²) in [5.41, 5.74) is 0.578. The molecule has 0 spiro atoms. The minimum atomic E-state index is -0.579. The van der Waals surface area contributed by atoms with Gasteiger partial charge in [-0.05, 0) is 13.0 Å². The van der Waals surface area contributed by atoms with Crippen LogP contribution < -0.4 is 0 Å². The van der Waals surface area contributed by atoms with Crippen LogP contribution in [-0.4, -0.2) is 11.3 Å².